The number of aliphatic hydroxyl groups excluding tert-OH is 4. The van der Waals surface area contributed by atoms with Gasteiger partial charge in [0.15, 0.2) is 0 Å². The molecule has 0 saturated carbocycles. The summed E-state index contributed by atoms with van der Waals surface area (Å²) in [5.74, 6) is 0. The lowest BCUT2D eigenvalue weighted by Crippen LogP contribution is -2.49. The van der Waals surface area contributed by atoms with Crippen LogP contribution in [-0.4, -0.2) is 51.4 Å². The van der Waals surface area contributed by atoms with Crippen molar-refractivity contribution in [3.05, 3.63) is 0 Å². The molecule has 0 heterocycles. The third-order valence-electron chi connectivity index (χ3n) is 1.99. The Bertz CT molecular complexity index is 133. The average Bonchev–Trinajstić information content (AvgIpc) is 2.14. The van der Waals surface area contributed by atoms with Crippen LogP contribution in [0, 0.1) is 0 Å². The van der Waals surface area contributed by atoms with E-state index in [2.05, 4.69) is 0 Å². The maximum absolute atomic E-state index is 9.37. The number of nitrogens with two attached hydrogens (primary N) is 1. The zero-order valence-corrected chi connectivity index (χ0v) is 7.80. The van der Waals surface area contributed by atoms with Crippen molar-refractivity contribution >= 4 is 0 Å². The van der Waals surface area contributed by atoms with Crippen molar-refractivity contribution < 1.29 is 20.4 Å². The van der Waals surface area contributed by atoms with Gasteiger partial charge in [-0.05, 0) is 6.42 Å². The minimum atomic E-state index is -1.38. The number of rotatable bonds is 6. The molecule has 80 valence electrons. The van der Waals surface area contributed by atoms with Crippen LogP contribution in [0.3, 0.4) is 0 Å². The SMILES string of the molecule is CCC[C@@H](N)[C@H](O)[C@H](O)[C@@H](O)CO. The fraction of sp³-hybridized carbons (Fsp3) is 1.00. The van der Waals surface area contributed by atoms with Crippen molar-refractivity contribution in [3.8, 4) is 0 Å². The van der Waals surface area contributed by atoms with Crippen molar-refractivity contribution in [1.29, 1.82) is 0 Å². The molecular formula is C8H19NO4. The number of aliphatic hydroxyl groups is 4. The van der Waals surface area contributed by atoms with Crippen LogP contribution in [0.15, 0.2) is 0 Å². The first kappa shape index (κ1) is 12.8. The van der Waals surface area contributed by atoms with Gasteiger partial charge >= 0.3 is 0 Å². The Hall–Kier alpha value is -0.200. The predicted molar refractivity (Wildman–Crippen MR) is 48.0 cm³/mol. The van der Waals surface area contributed by atoms with E-state index in [0.29, 0.717) is 6.42 Å². The second kappa shape index (κ2) is 6.28. The monoisotopic (exact) mass is 193 g/mol. The molecule has 0 bridgehead atoms. The molecule has 0 aromatic carbocycles. The van der Waals surface area contributed by atoms with Crippen LogP contribution in [0.25, 0.3) is 0 Å². The highest BCUT2D eigenvalue weighted by molar-refractivity contribution is 4.82. The van der Waals surface area contributed by atoms with Gasteiger partial charge in [0.2, 0.25) is 0 Å². The van der Waals surface area contributed by atoms with Crippen LogP contribution < -0.4 is 5.73 Å². The fourth-order valence-electron chi connectivity index (χ4n) is 1.09. The zero-order chi connectivity index (χ0) is 10.4. The zero-order valence-electron chi connectivity index (χ0n) is 7.80. The molecule has 0 aliphatic heterocycles. The lowest BCUT2D eigenvalue weighted by atomic mass is 9.99. The summed E-state index contributed by atoms with van der Waals surface area (Å²) in [4.78, 5) is 0. The molecule has 13 heavy (non-hydrogen) atoms. The second-order valence-corrected chi connectivity index (χ2v) is 3.18. The average molecular weight is 193 g/mol. The Kier molecular flexibility index (Phi) is 6.19. The highest BCUT2D eigenvalue weighted by Gasteiger charge is 2.28. The third-order valence-corrected chi connectivity index (χ3v) is 1.99. The van der Waals surface area contributed by atoms with E-state index < -0.39 is 31.0 Å². The molecule has 5 nitrogen and oxygen atoms in total. The molecule has 0 aromatic rings. The molecule has 0 unspecified atom stereocenters. The molecule has 0 aliphatic carbocycles. The van der Waals surface area contributed by atoms with Crippen molar-refractivity contribution in [2.75, 3.05) is 6.61 Å². The molecule has 6 N–H and O–H groups in total. The molecule has 0 rings (SSSR count). The fourth-order valence-corrected chi connectivity index (χ4v) is 1.09. The Morgan fingerprint density at radius 1 is 1.15 bits per heavy atom. The smallest absolute Gasteiger partial charge is 0.109 e. The molecule has 0 spiro atoms. The summed E-state index contributed by atoms with van der Waals surface area (Å²) < 4.78 is 0. The summed E-state index contributed by atoms with van der Waals surface area (Å²) >= 11 is 0. The maximum Gasteiger partial charge on any atom is 0.109 e. The van der Waals surface area contributed by atoms with Gasteiger partial charge in [0.25, 0.3) is 0 Å². The molecule has 0 saturated heterocycles. The molecule has 4 atom stereocenters. The van der Waals surface area contributed by atoms with Gasteiger partial charge < -0.3 is 26.2 Å². The van der Waals surface area contributed by atoms with Crippen LogP contribution in [0.5, 0.6) is 0 Å². The van der Waals surface area contributed by atoms with Crippen LogP contribution in [0.2, 0.25) is 0 Å². The Morgan fingerprint density at radius 3 is 2.08 bits per heavy atom. The molecule has 0 radical (unpaired) electrons. The topological polar surface area (TPSA) is 107 Å². The van der Waals surface area contributed by atoms with E-state index in [9.17, 15) is 10.2 Å². The minimum absolute atomic E-state index is 0.566. The molecular weight excluding hydrogens is 174 g/mol. The molecule has 0 amide bonds. The quantitative estimate of drug-likeness (QED) is 0.342. The summed E-state index contributed by atoms with van der Waals surface area (Å²) in [6, 6.07) is -0.568. The van der Waals surface area contributed by atoms with Gasteiger partial charge in [-0.15, -0.1) is 0 Å². The Labute approximate surface area is 77.8 Å². The van der Waals surface area contributed by atoms with Gasteiger partial charge in [0.1, 0.15) is 12.2 Å². The van der Waals surface area contributed by atoms with E-state index in [4.69, 9.17) is 15.9 Å². The lowest BCUT2D eigenvalue weighted by Gasteiger charge is -2.26. The number of hydrogen-bond acceptors (Lipinski definition) is 5. The van der Waals surface area contributed by atoms with Crippen LogP contribution >= 0.6 is 0 Å². The Balaban J connectivity index is 3.99. The van der Waals surface area contributed by atoms with Crippen LogP contribution in [-0.2, 0) is 0 Å². The van der Waals surface area contributed by atoms with Crippen LogP contribution in [0.1, 0.15) is 19.8 Å². The van der Waals surface area contributed by atoms with Crippen molar-refractivity contribution in [2.45, 2.75) is 44.1 Å². The van der Waals surface area contributed by atoms with E-state index >= 15 is 0 Å². The molecule has 0 aliphatic rings. The number of hydrogen-bond donors (Lipinski definition) is 5. The predicted octanol–water partition coefficient (Wildman–Crippen LogP) is -1.81. The summed E-state index contributed by atoms with van der Waals surface area (Å²) in [6.45, 7) is 1.32. The minimum Gasteiger partial charge on any atom is -0.394 e. The standard InChI is InChI=1S/C8H19NO4/c1-2-3-5(9)7(12)8(13)6(11)4-10/h5-8,10-13H,2-4,9H2,1H3/t5-,6+,7+,8-/m1/s1. The van der Waals surface area contributed by atoms with E-state index in [-0.39, 0.29) is 0 Å². The van der Waals surface area contributed by atoms with E-state index in [1.807, 2.05) is 6.92 Å². The van der Waals surface area contributed by atoms with Crippen molar-refractivity contribution in [2.24, 2.45) is 5.73 Å². The molecule has 0 fully saturated rings. The first-order valence-electron chi connectivity index (χ1n) is 4.45. The summed E-state index contributed by atoms with van der Waals surface area (Å²) in [6.07, 6.45) is -2.55. The lowest BCUT2D eigenvalue weighted by molar-refractivity contribution is -0.0839. The van der Waals surface area contributed by atoms with Crippen LogP contribution in [0.4, 0.5) is 0 Å². The maximum atomic E-state index is 9.37. The highest BCUT2D eigenvalue weighted by Crippen LogP contribution is 2.07. The van der Waals surface area contributed by atoms with E-state index in [0.717, 1.165) is 6.42 Å². The second-order valence-electron chi connectivity index (χ2n) is 3.18. The van der Waals surface area contributed by atoms with E-state index in [1.165, 1.54) is 0 Å². The van der Waals surface area contributed by atoms with Crippen molar-refractivity contribution in [3.63, 3.8) is 0 Å². The summed E-state index contributed by atoms with van der Waals surface area (Å²) in [5, 5.41) is 36.1. The highest BCUT2D eigenvalue weighted by atomic mass is 16.4. The molecule has 0 aromatic heterocycles. The van der Waals surface area contributed by atoms with Gasteiger partial charge in [-0.3, -0.25) is 0 Å². The summed E-state index contributed by atoms with van der Waals surface area (Å²) in [5.41, 5.74) is 5.52. The third kappa shape index (κ3) is 4.02. The first-order chi connectivity index (χ1) is 6.04. The van der Waals surface area contributed by atoms with Gasteiger partial charge in [-0.2, -0.15) is 0 Å². The van der Waals surface area contributed by atoms with Crippen molar-refractivity contribution in [1.82, 2.24) is 0 Å². The molecule has 5 heteroatoms. The van der Waals surface area contributed by atoms with Gasteiger partial charge in [0.05, 0.1) is 12.7 Å². The normalized spacial score (nSPS) is 20.8. The van der Waals surface area contributed by atoms with Gasteiger partial charge in [0, 0.05) is 6.04 Å². The van der Waals surface area contributed by atoms with Gasteiger partial charge in [-0.1, -0.05) is 13.3 Å². The summed E-state index contributed by atoms with van der Waals surface area (Å²) in [7, 11) is 0. The van der Waals surface area contributed by atoms with Gasteiger partial charge in [-0.25, -0.2) is 0 Å². The van der Waals surface area contributed by atoms with E-state index in [1.54, 1.807) is 0 Å². The Morgan fingerprint density at radius 2 is 1.69 bits per heavy atom. The first-order valence-corrected chi connectivity index (χ1v) is 4.45. The largest absolute Gasteiger partial charge is 0.394 e.